The normalized spacial score (nSPS) is 20.8. The third-order valence-electron chi connectivity index (χ3n) is 4.63. The Morgan fingerprint density at radius 1 is 1.04 bits per heavy atom. The van der Waals surface area contributed by atoms with Crippen LogP contribution in [-0.4, -0.2) is 65.4 Å². The van der Waals surface area contributed by atoms with Crippen molar-refractivity contribution >= 4 is 17.6 Å². The first-order chi connectivity index (χ1) is 12.3. The molecule has 0 aliphatic carbocycles. The van der Waals surface area contributed by atoms with Gasteiger partial charge >= 0.3 is 0 Å². The summed E-state index contributed by atoms with van der Waals surface area (Å²) in [5, 5.41) is 3.54. The van der Waals surface area contributed by atoms with E-state index in [1.165, 1.54) is 0 Å². The number of aromatic nitrogens is 4. The van der Waals surface area contributed by atoms with Gasteiger partial charge in [0, 0.05) is 50.8 Å². The van der Waals surface area contributed by atoms with Crippen LogP contribution in [0.4, 0.5) is 17.6 Å². The van der Waals surface area contributed by atoms with Crippen molar-refractivity contribution in [2.24, 2.45) is 0 Å². The molecule has 0 spiro atoms. The minimum atomic E-state index is 0.342. The van der Waals surface area contributed by atoms with Crippen LogP contribution >= 0.6 is 0 Å². The van der Waals surface area contributed by atoms with Crippen LogP contribution in [0.1, 0.15) is 12.1 Å². The quantitative estimate of drug-likeness (QED) is 0.886. The number of anilines is 3. The third kappa shape index (κ3) is 3.63. The van der Waals surface area contributed by atoms with Crippen LogP contribution in [0.5, 0.6) is 0 Å². The highest BCUT2D eigenvalue weighted by Gasteiger charge is 2.25. The Labute approximate surface area is 147 Å². The molecule has 2 aromatic rings. The van der Waals surface area contributed by atoms with E-state index in [1.807, 2.05) is 19.2 Å². The second-order valence-electron chi connectivity index (χ2n) is 6.38. The standard InChI is InChI=1S/C17H23N7O/c1-13-16(19-6-5-18-13)24-7-3-14(12-24)21-15-2-4-20-17(22-15)23-8-10-25-11-9-23/h2,4-6,14H,3,7-12H2,1H3,(H,20,21,22). The molecule has 1 N–H and O–H groups in total. The highest BCUT2D eigenvalue weighted by molar-refractivity contribution is 5.47. The van der Waals surface area contributed by atoms with E-state index in [-0.39, 0.29) is 0 Å². The maximum Gasteiger partial charge on any atom is 0.227 e. The van der Waals surface area contributed by atoms with Crippen molar-refractivity contribution in [3.05, 3.63) is 30.4 Å². The largest absolute Gasteiger partial charge is 0.378 e. The summed E-state index contributed by atoms with van der Waals surface area (Å²) in [5.41, 5.74) is 0.972. The van der Waals surface area contributed by atoms with Gasteiger partial charge in [0.05, 0.1) is 18.9 Å². The number of hydrogen-bond acceptors (Lipinski definition) is 8. The van der Waals surface area contributed by atoms with Crippen molar-refractivity contribution in [2.45, 2.75) is 19.4 Å². The van der Waals surface area contributed by atoms with Crippen molar-refractivity contribution in [2.75, 3.05) is 54.5 Å². The van der Waals surface area contributed by atoms with Crippen LogP contribution in [0.2, 0.25) is 0 Å². The van der Waals surface area contributed by atoms with Gasteiger partial charge in [-0.05, 0) is 19.4 Å². The molecule has 1 atom stereocenters. The van der Waals surface area contributed by atoms with Crippen LogP contribution < -0.4 is 15.1 Å². The smallest absolute Gasteiger partial charge is 0.227 e. The SMILES string of the molecule is Cc1nccnc1N1CCC(Nc2ccnc(N3CCOCC3)n2)C1. The highest BCUT2D eigenvalue weighted by atomic mass is 16.5. The Kier molecular flexibility index (Phi) is 4.60. The van der Waals surface area contributed by atoms with Gasteiger partial charge in [0.2, 0.25) is 5.95 Å². The molecule has 2 saturated heterocycles. The van der Waals surface area contributed by atoms with Crippen molar-refractivity contribution in [1.29, 1.82) is 0 Å². The molecule has 2 aliphatic heterocycles. The molecule has 0 aromatic carbocycles. The van der Waals surface area contributed by atoms with Crippen molar-refractivity contribution in [3.63, 3.8) is 0 Å². The first kappa shape index (κ1) is 16.0. The molecule has 132 valence electrons. The number of aryl methyl sites for hydroxylation is 1. The lowest BCUT2D eigenvalue weighted by Crippen LogP contribution is -2.37. The van der Waals surface area contributed by atoms with E-state index >= 15 is 0 Å². The van der Waals surface area contributed by atoms with Crippen LogP contribution in [-0.2, 0) is 4.74 Å². The predicted octanol–water partition coefficient (Wildman–Crippen LogP) is 1.10. The van der Waals surface area contributed by atoms with Crippen LogP contribution in [0.25, 0.3) is 0 Å². The van der Waals surface area contributed by atoms with E-state index in [9.17, 15) is 0 Å². The van der Waals surface area contributed by atoms with Gasteiger partial charge in [-0.15, -0.1) is 0 Å². The minimum Gasteiger partial charge on any atom is -0.378 e. The van der Waals surface area contributed by atoms with E-state index in [0.29, 0.717) is 6.04 Å². The van der Waals surface area contributed by atoms with Gasteiger partial charge < -0.3 is 19.9 Å². The van der Waals surface area contributed by atoms with Gasteiger partial charge in [-0.2, -0.15) is 4.98 Å². The number of hydrogen-bond donors (Lipinski definition) is 1. The molecular weight excluding hydrogens is 318 g/mol. The Morgan fingerprint density at radius 2 is 1.88 bits per heavy atom. The van der Waals surface area contributed by atoms with Gasteiger partial charge in [-0.3, -0.25) is 4.98 Å². The van der Waals surface area contributed by atoms with Gasteiger partial charge in [0.1, 0.15) is 11.6 Å². The molecule has 2 fully saturated rings. The zero-order valence-electron chi connectivity index (χ0n) is 14.4. The number of morpholine rings is 1. The Balaban J connectivity index is 1.40. The van der Waals surface area contributed by atoms with Gasteiger partial charge in [-0.25, -0.2) is 9.97 Å². The lowest BCUT2D eigenvalue weighted by atomic mass is 10.2. The molecule has 25 heavy (non-hydrogen) atoms. The molecule has 4 rings (SSSR count). The summed E-state index contributed by atoms with van der Waals surface area (Å²) in [6, 6.07) is 2.27. The summed E-state index contributed by atoms with van der Waals surface area (Å²) in [4.78, 5) is 22.3. The first-order valence-corrected chi connectivity index (χ1v) is 8.74. The molecular formula is C17H23N7O. The lowest BCUT2D eigenvalue weighted by Gasteiger charge is -2.27. The summed E-state index contributed by atoms with van der Waals surface area (Å²) in [7, 11) is 0. The maximum atomic E-state index is 5.39. The summed E-state index contributed by atoms with van der Waals surface area (Å²) < 4.78 is 5.39. The number of nitrogens with zero attached hydrogens (tertiary/aromatic N) is 6. The monoisotopic (exact) mass is 341 g/mol. The zero-order chi connectivity index (χ0) is 17.1. The Hall–Kier alpha value is -2.48. The molecule has 0 bridgehead atoms. The van der Waals surface area contributed by atoms with Gasteiger partial charge in [0.25, 0.3) is 0 Å². The fraction of sp³-hybridized carbons (Fsp3) is 0.529. The summed E-state index contributed by atoms with van der Waals surface area (Å²) >= 11 is 0. The van der Waals surface area contributed by atoms with Crippen molar-refractivity contribution in [1.82, 2.24) is 19.9 Å². The fourth-order valence-corrected chi connectivity index (χ4v) is 3.33. The molecule has 0 amide bonds. The summed E-state index contributed by atoms with van der Waals surface area (Å²) in [6.45, 7) is 7.02. The second-order valence-corrected chi connectivity index (χ2v) is 6.38. The molecule has 8 nitrogen and oxygen atoms in total. The van der Waals surface area contributed by atoms with E-state index in [2.05, 4.69) is 35.1 Å². The van der Waals surface area contributed by atoms with Crippen LogP contribution in [0, 0.1) is 6.92 Å². The molecule has 1 unspecified atom stereocenters. The topological polar surface area (TPSA) is 79.3 Å². The third-order valence-corrected chi connectivity index (χ3v) is 4.63. The molecule has 0 saturated carbocycles. The maximum absolute atomic E-state index is 5.39. The van der Waals surface area contributed by atoms with E-state index in [1.54, 1.807) is 12.4 Å². The average Bonchev–Trinajstić information content (AvgIpc) is 3.11. The average molecular weight is 341 g/mol. The second kappa shape index (κ2) is 7.18. The summed E-state index contributed by atoms with van der Waals surface area (Å²) in [5.74, 6) is 2.62. The minimum absolute atomic E-state index is 0.342. The predicted molar refractivity (Wildman–Crippen MR) is 96.1 cm³/mol. The fourth-order valence-electron chi connectivity index (χ4n) is 3.33. The van der Waals surface area contributed by atoms with Crippen LogP contribution in [0.3, 0.4) is 0 Å². The lowest BCUT2D eigenvalue weighted by molar-refractivity contribution is 0.122. The van der Waals surface area contributed by atoms with Gasteiger partial charge in [0.15, 0.2) is 0 Å². The van der Waals surface area contributed by atoms with Crippen LogP contribution in [0.15, 0.2) is 24.7 Å². The molecule has 8 heteroatoms. The Bertz CT molecular complexity index is 720. The zero-order valence-corrected chi connectivity index (χ0v) is 14.4. The van der Waals surface area contributed by atoms with E-state index < -0.39 is 0 Å². The molecule has 4 heterocycles. The molecule has 2 aromatic heterocycles. The van der Waals surface area contributed by atoms with Crippen molar-refractivity contribution < 1.29 is 4.74 Å². The number of nitrogens with one attached hydrogen (secondary N) is 1. The molecule has 2 aliphatic rings. The number of rotatable bonds is 4. The molecule has 0 radical (unpaired) electrons. The van der Waals surface area contributed by atoms with E-state index in [0.717, 1.165) is 69.1 Å². The number of ether oxygens (including phenoxy) is 1. The van der Waals surface area contributed by atoms with Crippen molar-refractivity contribution in [3.8, 4) is 0 Å². The first-order valence-electron chi connectivity index (χ1n) is 8.74. The Morgan fingerprint density at radius 3 is 2.72 bits per heavy atom. The van der Waals surface area contributed by atoms with Gasteiger partial charge in [-0.1, -0.05) is 0 Å². The highest BCUT2D eigenvalue weighted by Crippen LogP contribution is 2.22. The summed E-state index contributed by atoms with van der Waals surface area (Å²) in [6.07, 6.45) is 6.35. The van der Waals surface area contributed by atoms with E-state index in [4.69, 9.17) is 4.74 Å².